The van der Waals surface area contributed by atoms with Crippen molar-refractivity contribution < 1.29 is 14.1 Å². The third kappa shape index (κ3) is 3.91. The van der Waals surface area contributed by atoms with Gasteiger partial charge in [-0.05, 0) is 43.9 Å². The van der Waals surface area contributed by atoms with Crippen molar-refractivity contribution in [1.29, 1.82) is 0 Å². The van der Waals surface area contributed by atoms with Gasteiger partial charge >= 0.3 is 0 Å². The number of aryl methyl sites for hydroxylation is 1. The van der Waals surface area contributed by atoms with Gasteiger partial charge in [0.15, 0.2) is 6.61 Å². The second kappa shape index (κ2) is 8.25. The second-order valence-corrected chi connectivity index (χ2v) is 6.96. The summed E-state index contributed by atoms with van der Waals surface area (Å²) in [5, 5.41) is 4.12. The standard InChI is InChI=1S/C22H23N3O3/c1-16-9-3-4-10-17(16)21-23-22(28-24-21)18-11-5-6-12-19(18)27-15-20(26)25-13-7-2-8-14-25/h3-6,9-12H,2,7-8,13-15H2,1H3. The number of nitrogens with zero attached hydrogens (tertiary/aromatic N) is 3. The van der Waals surface area contributed by atoms with Crippen molar-refractivity contribution in [2.24, 2.45) is 0 Å². The van der Waals surface area contributed by atoms with Gasteiger partial charge in [0.05, 0.1) is 5.56 Å². The maximum atomic E-state index is 12.4. The number of rotatable bonds is 5. The number of para-hydroxylation sites is 1. The smallest absolute Gasteiger partial charge is 0.262 e. The molecule has 144 valence electrons. The Morgan fingerprint density at radius 3 is 2.54 bits per heavy atom. The summed E-state index contributed by atoms with van der Waals surface area (Å²) < 4.78 is 11.3. The molecule has 1 aromatic heterocycles. The molecule has 6 nitrogen and oxygen atoms in total. The highest BCUT2D eigenvalue weighted by Gasteiger charge is 2.19. The van der Waals surface area contributed by atoms with Gasteiger partial charge in [-0.15, -0.1) is 0 Å². The maximum absolute atomic E-state index is 12.4. The molecule has 0 bridgehead atoms. The fraction of sp³-hybridized carbons (Fsp3) is 0.318. The molecule has 0 unspecified atom stereocenters. The molecule has 0 N–H and O–H groups in total. The molecule has 1 fully saturated rings. The Hall–Kier alpha value is -3.15. The summed E-state index contributed by atoms with van der Waals surface area (Å²) >= 11 is 0. The van der Waals surface area contributed by atoms with Gasteiger partial charge in [0.1, 0.15) is 5.75 Å². The zero-order chi connectivity index (χ0) is 19.3. The average molecular weight is 377 g/mol. The molecule has 1 amide bonds. The molecule has 2 aromatic carbocycles. The van der Waals surface area contributed by atoms with Gasteiger partial charge in [0.25, 0.3) is 11.8 Å². The highest BCUT2D eigenvalue weighted by Crippen LogP contribution is 2.30. The minimum atomic E-state index is 0.00972. The van der Waals surface area contributed by atoms with Crippen LogP contribution < -0.4 is 4.74 Å². The molecule has 2 heterocycles. The lowest BCUT2D eigenvalue weighted by Gasteiger charge is -2.26. The van der Waals surface area contributed by atoms with Crippen molar-refractivity contribution in [1.82, 2.24) is 15.0 Å². The zero-order valence-electron chi connectivity index (χ0n) is 15.9. The van der Waals surface area contributed by atoms with Gasteiger partial charge in [0.2, 0.25) is 5.82 Å². The normalized spacial score (nSPS) is 14.1. The second-order valence-electron chi connectivity index (χ2n) is 6.96. The van der Waals surface area contributed by atoms with Crippen LogP contribution in [0.5, 0.6) is 5.75 Å². The van der Waals surface area contributed by atoms with E-state index in [0.717, 1.165) is 37.1 Å². The van der Waals surface area contributed by atoms with E-state index in [4.69, 9.17) is 9.26 Å². The molecule has 0 spiro atoms. The molecular formula is C22H23N3O3. The summed E-state index contributed by atoms with van der Waals surface area (Å²) in [6, 6.07) is 15.3. The fourth-order valence-corrected chi connectivity index (χ4v) is 3.41. The summed E-state index contributed by atoms with van der Waals surface area (Å²) in [6.45, 7) is 3.64. The van der Waals surface area contributed by atoms with Gasteiger partial charge in [0, 0.05) is 18.7 Å². The van der Waals surface area contributed by atoms with E-state index >= 15 is 0 Å². The van der Waals surface area contributed by atoms with Crippen molar-refractivity contribution >= 4 is 5.91 Å². The van der Waals surface area contributed by atoms with E-state index in [1.165, 1.54) is 6.42 Å². The van der Waals surface area contributed by atoms with Crippen molar-refractivity contribution in [2.45, 2.75) is 26.2 Å². The summed E-state index contributed by atoms with van der Waals surface area (Å²) in [5.41, 5.74) is 2.68. The van der Waals surface area contributed by atoms with Crippen LogP contribution in [0.25, 0.3) is 22.8 Å². The molecule has 0 atom stereocenters. The van der Waals surface area contributed by atoms with E-state index < -0.39 is 0 Å². The summed E-state index contributed by atoms with van der Waals surface area (Å²) in [4.78, 5) is 18.8. The highest BCUT2D eigenvalue weighted by molar-refractivity contribution is 5.78. The minimum Gasteiger partial charge on any atom is -0.483 e. The van der Waals surface area contributed by atoms with Crippen molar-refractivity contribution in [3.05, 3.63) is 54.1 Å². The predicted molar refractivity (Wildman–Crippen MR) is 106 cm³/mol. The molecule has 6 heteroatoms. The Bertz CT molecular complexity index is 961. The molecular weight excluding hydrogens is 354 g/mol. The molecule has 1 aliphatic heterocycles. The molecule has 3 aromatic rings. The van der Waals surface area contributed by atoms with Crippen LogP contribution in [0.2, 0.25) is 0 Å². The number of ether oxygens (including phenoxy) is 1. The molecule has 1 aliphatic rings. The number of carbonyl (C=O) groups is 1. The summed E-state index contributed by atoms with van der Waals surface area (Å²) in [5.74, 6) is 1.49. The van der Waals surface area contributed by atoms with Crippen LogP contribution in [0.15, 0.2) is 53.1 Å². The predicted octanol–water partition coefficient (Wildman–Crippen LogP) is 4.10. The van der Waals surface area contributed by atoms with E-state index in [1.54, 1.807) is 0 Å². The Labute approximate surface area is 164 Å². The monoisotopic (exact) mass is 377 g/mol. The first-order valence-corrected chi connectivity index (χ1v) is 9.62. The number of piperidine rings is 1. The number of hydrogen-bond donors (Lipinski definition) is 0. The van der Waals surface area contributed by atoms with Crippen molar-refractivity contribution in [2.75, 3.05) is 19.7 Å². The lowest BCUT2D eigenvalue weighted by molar-refractivity contribution is -0.134. The number of likely N-dealkylation sites (tertiary alicyclic amines) is 1. The lowest BCUT2D eigenvalue weighted by atomic mass is 10.1. The van der Waals surface area contributed by atoms with Crippen molar-refractivity contribution in [3.8, 4) is 28.6 Å². The first-order chi connectivity index (χ1) is 13.7. The Morgan fingerprint density at radius 2 is 1.75 bits per heavy atom. The quantitative estimate of drug-likeness (QED) is 0.669. The molecule has 28 heavy (non-hydrogen) atoms. The largest absolute Gasteiger partial charge is 0.483 e. The van der Waals surface area contributed by atoms with Crippen LogP contribution in [-0.2, 0) is 4.79 Å². The van der Waals surface area contributed by atoms with Crippen LogP contribution in [0.1, 0.15) is 24.8 Å². The number of hydrogen-bond acceptors (Lipinski definition) is 5. The third-order valence-electron chi connectivity index (χ3n) is 4.99. The van der Waals surface area contributed by atoms with Crippen LogP contribution in [0.3, 0.4) is 0 Å². The average Bonchev–Trinajstić information content (AvgIpc) is 3.23. The first kappa shape index (κ1) is 18.2. The number of amides is 1. The van der Waals surface area contributed by atoms with Crippen LogP contribution in [-0.4, -0.2) is 40.6 Å². The first-order valence-electron chi connectivity index (χ1n) is 9.62. The molecule has 1 saturated heterocycles. The van der Waals surface area contributed by atoms with E-state index in [0.29, 0.717) is 23.0 Å². The number of benzene rings is 2. The maximum Gasteiger partial charge on any atom is 0.262 e. The van der Waals surface area contributed by atoms with E-state index in [1.807, 2.05) is 60.4 Å². The topological polar surface area (TPSA) is 68.5 Å². The Balaban J connectivity index is 1.52. The Kier molecular flexibility index (Phi) is 5.37. The van der Waals surface area contributed by atoms with Gasteiger partial charge in [-0.2, -0.15) is 4.98 Å². The zero-order valence-corrected chi connectivity index (χ0v) is 15.9. The molecule has 0 aliphatic carbocycles. The van der Waals surface area contributed by atoms with E-state index in [2.05, 4.69) is 10.1 Å². The Morgan fingerprint density at radius 1 is 1.04 bits per heavy atom. The van der Waals surface area contributed by atoms with Gasteiger partial charge in [-0.25, -0.2) is 0 Å². The number of aromatic nitrogens is 2. The van der Waals surface area contributed by atoms with Gasteiger partial charge < -0.3 is 14.2 Å². The van der Waals surface area contributed by atoms with Crippen LogP contribution in [0.4, 0.5) is 0 Å². The molecule has 0 radical (unpaired) electrons. The third-order valence-corrected chi connectivity index (χ3v) is 4.99. The summed E-state index contributed by atoms with van der Waals surface area (Å²) in [7, 11) is 0. The molecule has 4 rings (SSSR count). The van der Waals surface area contributed by atoms with Gasteiger partial charge in [-0.3, -0.25) is 4.79 Å². The van der Waals surface area contributed by atoms with Crippen LogP contribution >= 0.6 is 0 Å². The van der Waals surface area contributed by atoms with Crippen molar-refractivity contribution in [3.63, 3.8) is 0 Å². The van der Waals surface area contributed by atoms with E-state index in [9.17, 15) is 4.79 Å². The number of carbonyl (C=O) groups excluding carboxylic acids is 1. The lowest BCUT2D eigenvalue weighted by Crippen LogP contribution is -2.38. The summed E-state index contributed by atoms with van der Waals surface area (Å²) in [6.07, 6.45) is 3.31. The minimum absolute atomic E-state index is 0.00972. The fourth-order valence-electron chi connectivity index (χ4n) is 3.41. The molecule has 0 saturated carbocycles. The SMILES string of the molecule is Cc1ccccc1-c1noc(-c2ccccc2OCC(=O)N2CCCCC2)n1. The van der Waals surface area contributed by atoms with Crippen LogP contribution in [0, 0.1) is 6.92 Å². The van der Waals surface area contributed by atoms with E-state index in [-0.39, 0.29) is 12.5 Å². The van der Waals surface area contributed by atoms with Gasteiger partial charge in [-0.1, -0.05) is 41.6 Å². The highest BCUT2D eigenvalue weighted by atomic mass is 16.5.